The Morgan fingerprint density at radius 2 is 2.00 bits per heavy atom. The molecular weight excluding hydrogens is 520 g/mol. The zero-order valence-corrected chi connectivity index (χ0v) is 22.1. The molecule has 0 bridgehead atoms. The summed E-state index contributed by atoms with van der Waals surface area (Å²) in [5, 5.41) is 12.2. The van der Waals surface area contributed by atoms with Gasteiger partial charge in [0.25, 0.3) is 0 Å². The van der Waals surface area contributed by atoms with Crippen LogP contribution in [0.1, 0.15) is 31.2 Å². The first-order valence-electron chi connectivity index (χ1n) is 11.4. The summed E-state index contributed by atoms with van der Waals surface area (Å²) >= 11 is 8.44. The Hall–Kier alpha value is -2.54. The van der Waals surface area contributed by atoms with E-state index in [9.17, 15) is 19.5 Å². The number of carbonyl (C=O) groups is 3. The number of fused-ring (bicyclic) bond motifs is 1. The van der Waals surface area contributed by atoms with Gasteiger partial charge in [0.1, 0.15) is 33.6 Å². The van der Waals surface area contributed by atoms with Crippen molar-refractivity contribution in [2.24, 2.45) is 0 Å². The zero-order valence-electron chi connectivity index (χ0n) is 19.7. The van der Waals surface area contributed by atoms with Crippen LogP contribution in [-0.2, 0) is 20.9 Å². The van der Waals surface area contributed by atoms with E-state index in [1.165, 1.54) is 28.4 Å². The van der Waals surface area contributed by atoms with Crippen molar-refractivity contribution in [3.8, 4) is 0 Å². The average Bonchev–Trinajstić information content (AvgIpc) is 3.44. The summed E-state index contributed by atoms with van der Waals surface area (Å²) in [5.41, 5.74) is 0.799. The minimum absolute atomic E-state index is 0.303. The van der Waals surface area contributed by atoms with Crippen LogP contribution in [0.3, 0.4) is 0 Å². The molecule has 36 heavy (non-hydrogen) atoms. The van der Waals surface area contributed by atoms with Gasteiger partial charge in [-0.1, -0.05) is 54.3 Å². The van der Waals surface area contributed by atoms with Gasteiger partial charge in [0.15, 0.2) is 0 Å². The van der Waals surface area contributed by atoms with E-state index in [-0.39, 0.29) is 11.8 Å². The number of amides is 2. The summed E-state index contributed by atoms with van der Waals surface area (Å²) in [7, 11) is 0. The molecule has 12 heteroatoms. The van der Waals surface area contributed by atoms with Crippen molar-refractivity contribution in [3.05, 3.63) is 60.1 Å². The third-order valence-electron chi connectivity index (χ3n) is 6.59. The van der Waals surface area contributed by atoms with Crippen LogP contribution in [0.25, 0.3) is 0 Å². The molecule has 3 fully saturated rings. The van der Waals surface area contributed by atoms with E-state index in [0.29, 0.717) is 19.1 Å². The molecule has 2 unspecified atom stereocenters. The molecule has 3 aliphatic rings. The summed E-state index contributed by atoms with van der Waals surface area (Å²) in [6, 6.07) is 10.8. The summed E-state index contributed by atoms with van der Waals surface area (Å²) in [4.78, 5) is 43.9. The van der Waals surface area contributed by atoms with E-state index in [1.807, 2.05) is 66.1 Å². The highest BCUT2D eigenvalue weighted by Crippen LogP contribution is 2.51. The third kappa shape index (κ3) is 4.51. The Bertz CT molecular complexity index is 1180. The second-order valence-electron chi connectivity index (χ2n) is 9.44. The molecule has 4 atom stereocenters. The normalized spacial score (nSPS) is 26.3. The number of furan rings is 1. The fourth-order valence-corrected chi connectivity index (χ4v) is 7.67. The molecular formula is C24H26N4O5S3. The highest BCUT2D eigenvalue weighted by molar-refractivity contribution is 8.22. The predicted octanol–water partition coefficient (Wildman–Crippen LogP) is 2.70. The maximum atomic E-state index is 13.7. The minimum Gasteiger partial charge on any atom is -0.480 e. The summed E-state index contributed by atoms with van der Waals surface area (Å²) in [5.74, 6) is -0.415. The van der Waals surface area contributed by atoms with Crippen LogP contribution >= 0.6 is 35.7 Å². The molecule has 0 radical (unpaired) electrons. The Morgan fingerprint density at radius 3 is 2.67 bits per heavy atom. The lowest BCUT2D eigenvalue weighted by Gasteiger charge is -2.45. The summed E-state index contributed by atoms with van der Waals surface area (Å²) in [6.45, 7) is 4.53. The fourth-order valence-electron chi connectivity index (χ4n) is 4.95. The Balaban J connectivity index is 1.35. The largest absolute Gasteiger partial charge is 0.480 e. The molecule has 2 aromatic rings. The van der Waals surface area contributed by atoms with E-state index in [4.69, 9.17) is 16.6 Å². The van der Waals surface area contributed by atoms with Crippen molar-refractivity contribution in [1.82, 2.24) is 20.0 Å². The molecule has 4 heterocycles. The molecule has 0 aliphatic carbocycles. The number of aliphatic carboxylic acids is 1. The van der Waals surface area contributed by atoms with Gasteiger partial charge < -0.3 is 24.6 Å². The van der Waals surface area contributed by atoms with Crippen LogP contribution in [0.5, 0.6) is 0 Å². The number of benzene rings is 1. The van der Waals surface area contributed by atoms with Gasteiger partial charge in [0.05, 0.1) is 25.4 Å². The molecule has 0 saturated carbocycles. The standard InChI is InChI=1S/C24H26N4O5S3/c1-24(2)18(22(31)32)28-20(30)16(21(28)36-24)25-19(29)17(14-7-4-3-5-8-14)27-12-26(23(34)35-13-27)11-15-9-6-10-33-15/h3-10,16-18,21H,11-13H2,1-2H3,(H,25,29)(H,31,32)/t16?,17?,18-,21+/m0/s1. The molecule has 0 spiro atoms. The quantitative estimate of drug-likeness (QED) is 0.398. The Morgan fingerprint density at radius 1 is 1.25 bits per heavy atom. The molecule has 1 aromatic carbocycles. The molecule has 1 aromatic heterocycles. The molecule has 3 saturated heterocycles. The number of thioether (sulfide) groups is 2. The number of carboxylic acid groups (broad SMARTS) is 1. The van der Waals surface area contributed by atoms with E-state index >= 15 is 0 Å². The monoisotopic (exact) mass is 546 g/mol. The molecule has 190 valence electrons. The topological polar surface area (TPSA) is 106 Å². The van der Waals surface area contributed by atoms with Gasteiger partial charge >= 0.3 is 5.97 Å². The lowest BCUT2D eigenvalue weighted by Crippen LogP contribution is -2.71. The number of carbonyl (C=O) groups excluding carboxylic acids is 2. The van der Waals surface area contributed by atoms with Gasteiger partial charge in [0.2, 0.25) is 11.8 Å². The summed E-state index contributed by atoms with van der Waals surface area (Å²) < 4.78 is 5.56. The SMILES string of the molecule is CC1(C)S[C@@H]2C(NC(=O)C(c3ccccc3)N3CSC(=S)N(Cc4ccco4)C3)C(=O)N2[C@H]1C(=O)O. The molecule has 3 aliphatic heterocycles. The number of β-lactam (4-membered cyclic amide) rings is 1. The lowest BCUT2D eigenvalue weighted by molar-refractivity contribution is -0.161. The van der Waals surface area contributed by atoms with Crippen molar-refractivity contribution < 1.29 is 23.9 Å². The first-order valence-corrected chi connectivity index (χ1v) is 13.7. The number of nitrogens with zero attached hydrogens (tertiary/aromatic N) is 3. The van der Waals surface area contributed by atoms with Crippen LogP contribution < -0.4 is 5.32 Å². The number of hydrogen-bond acceptors (Lipinski definition) is 8. The third-order valence-corrected chi connectivity index (χ3v) is 9.74. The minimum atomic E-state index is -1.03. The second-order valence-corrected chi connectivity index (χ2v) is 12.8. The zero-order chi connectivity index (χ0) is 25.6. The summed E-state index contributed by atoms with van der Waals surface area (Å²) in [6.07, 6.45) is 1.61. The number of nitrogens with one attached hydrogen (secondary N) is 1. The number of carboxylic acids is 1. The fraction of sp³-hybridized carbons (Fsp3) is 0.417. The maximum absolute atomic E-state index is 13.7. The van der Waals surface area contributed by atoms with Crippen molar-refractivity contribution in [2.75, 3.05) is 12.5 Å². The Kier molecular flexibility index (Phi) is 6.79. The highest BCUT2D eigenvalue weighted by atomic mass is 32.2. The van der Waals surface area contributed by atoms with Gasteiger partial charge in [-0.2, -0.15) is 0 Å². The maximum Gasteiger partial charge on any atom is 0.327 e. The molecule has 5 rings (SSSR count). The molecule has 2 N–H and O–H groups in total. The van der Waals surface area contributed by atoms with E-state index in [1.54, 1.807) is 6.26 Å². The van der Waals surface area contributed by atoms with Gasteiger partial charge in [0, 0.05) is 4.75 Å². The van der Waals surface area contributed by atoms with E-state index in [2.05, 4.69) is 5.32 Å². The second kappa shape index (κ2) is 9.73. The van der Waals surface area contributed by atoms with Crippen LogP contribution in [0.2, 0.25) is 0 Å². The number of hydrogen-bond donors (Lipinski definition) is 2. The number of thiocarbonyl (C=S) groups is 1. The predicted molar refractivity (Wildman–Crippen MR) is 141 cm³/mol. The van der Waals surface area contributed by atoms with E-state index in [0.717, 1.165) is 15.6 Å². The van der Waals surface area contributed by atoms with Crippen molar-refractivity contribution >= 4 is 57.8 Å². The van der Waals surface area contributed by atoms with E-state index < -0.39 is 34.2 Å². The van der Waals surface area contributed by atoms with Crippen molar-refractivity contribution in [2.45, 2.75) is 48.6 Å². The van der Waals surface area contributed by atoms with Gasteiger partial charge in [-0.15, -0.1) is 11.8 Å². The molecule has 2 amide bonds. The van der Waals surface area contributed by atoms with Crippen LogP contribution in [-0.4, -0.2) is 76.7 Å². The number of rotatable bonds is 7. The first kappa shape index (κ1) is 25.1. The van der Waals surface area contributed by atoms with Crippen molar-refractivity contribution in [1.29, 1.82) is 0 Å². The Labute approximate surface area is 222 Å². The first-order chi connectivity index (χ1) is 17.2. The average molecular weight is 547 g/mol. The smallest absolute Gasteiger partial charge is 0.327 e. The molecule has 9 nitrogen and oxygen atoms in total. The van der Waals surface area contributed by atoms with Crippen LogP contribution in [0.15, 0.2) is 53.1 Å². The van der Waals surface area contributed by atoms with Crippen LogP contribution in [0.4, 0.5) is 0 Å². The highest BCUT2D eigenvalue weighted by Gasteiger charge is 2.64. The van der Waals surface area contributed by atoms with Crippen LogP contribution in [0, 0.1) is 0 Å². The van der Waals surface area contributed by atoms with Gasteiger partial charge in [-0.3, -0.25) is 14.5 Å². The van der Waals surface area contributed by atoms with Gasteiger partial charge in [-0.05, 0) is 31.5 Å². The van der Waals surface area contributed by atoms with Crippen molar-refractivity contribution in [3.63, 3.8) is 0 Å². The lowest BCUT2D eigenvalue weighted by atomic mass is 9.95. The van der Waals surface area contributed by atoms with Gasteiger partial charge in [-0.25, -0.2) is 4.79 Å².